The number of aliphatic hydroxyl groups is 1. The Kier molecular flexibility index (Phi) is 4.99. The highest BCUT2D eigenvalue weighted by molar-refractivity contribution is 4.76. The average molecular weight is 215 g/mol. The van der Waals surface area contributed by atoms with Crippen LogP contribution in [0.2, 0.25) is 0 Å². The van der Waals surface area contributed by atoms with Crippen molar-refractivity contribution in [3.63, 3.8) is 0 Å². The first-order valence-electron chi connectivity index (χ1n) is 5.81. The molecule has 1 heterocycles. The van der Waals surface area contributed by atoms with Gasteiger partial charge in [0.1, 0.15) is 6.23 Å². The van der Waals surface area contributed by atoms with Gasteiger partial charge in [0.25, 0.3) is 0 Å². The predicted octanol–water partition coefficient (Wildman–Crippen LogP) is -0.108. The van der Waals surface area contributed by atoms with E-state index in [-0.39, 0.29) is 6.23 Å². The maximum Gasteiger partial charge on any atom is 0.120 e. The zero-order chi connectivity index (χ0) is 11.4. The lowest BCUT2D eigenvalue weighted by atomic mass is 10.2. The standard InChI is InChI=1S/C11H25N3O/c1-10(2)13-5-7-14(8-6-13)11(15)9-12(3)4/h10-11,15H,5-9H2,1-4H3. The number of piperazine rings is 1. The van der Waals surface area contributed by atoms with Crippen molar-refractivity contribution in [2.24, 2.45) is 0 Å². The molecule has 15 heavy (non-hydrogen) atoms. The van der Waals surface area contributed by atoms with E-state index in [1.165, 1.54) is 0 Å². The summed E-state index contributed by atoms with van der Waals surface area (Å²) in [6.45, 7) is 9.28. The summed E-state index contributed by atoms with van der Waals surface area (Å²) in [5, 5.41) is 9.93. The fourth-order valence-corrected chi connectivity index (χ4v) is 1.99. The summed E-state index contributed by atoms with van der Waals surface area (Å²) in [5.41, 5.74) is 0. The maximum atomic E-state index is 9.93. The van der Waals surface area contributed by atoms with E-state index in [4.69, 9.17) is 0 Å². The molecule has 0 saturated carbocycles. The van der Waals surface area contributed by atoms with E-state index in [1.54, 1.807) is 0 Å². The minimum atomic E-state index is -0.311. The van der Waals surface area contributed by atoms with Crippen molar-refractivity contribution in [2.45, 2.75) is 26.1 Å². The summed E-state index contributed by atoms with van der Waals surface area (Å²) in [4.78, 5) is 6.65. The highest BCUT2D eigenvalue weighted by Crippen LogP contribution is 2.08. The number of aliphatic hydroxyl groups excluding tert-OH is 1. The van der Waals surface area contributed by atoms with E-state index in [2.05, 4.69) is 23.6 Å². The number of likely N-dealkylation sites (N-methyl/N-ethyl adjacent to an activating group) is 1. The molecule has 0 amide bonds. The van der Waals surface area contributed by atoms with Gasteiger partial charge in [-0.15, -0.1) is 0 Å². The van der Waals surface area contributed by atoms with Crippen LogP contribution in [0.3, 0.4) is 0 Å². The molecule has 1 saturated heterocycles. The minimum absolute atomic E-state index is 0.311. The van der Waals surface area contributed by atoms with Crippen LogP contribution < -0.4 is 0 Å². The molecule has 4 heteroatoms. The lowest BCUT2D eigenvalue weighted by Gasteiger charge is -2.39. The minimum Gasteiger partial charge on any atom is -0.377 e. The normalized spacial score (nSPS) is 22.6. The van der Waals surface area contributed by atoms with Crippen LogP contribution >= 0.6 is 0 Å². The van der Waals surface area contributed by atoms with Crippen LogP contribution in [0.25, 0.3) is 0 Å². The van der Waals surface area contributed by atoms with Gasteiger partial charge in [-0.1, -0.05) is 0 Å². The van der Waals surface area contributed by atoms with Crippen molar-refractivity contribution >= 4 is 0 Å². The molecule has 90 valence electrons. The van der Waals surface area contributed by atoms with E-state index >= 15 is 0 Å². The second-order valence-corrected chi connectivity index (χ2v) is 4.91. The highest BCUT2D eigenvalue weighted by Gasteiger charge is 2.23. The first kappa shape index (κ1) is 12.9. The van der Waals surface area contributed by atoms with Gasteiger partial charge in [-0.3, -0.25) is 9.80 Å². The molecule has 0 aromatic rings. The lowest BCUT2D eigenvalue weighted by Crippen LogP contribution is -2.54. The van der Waals surface area contributed by atoms with Crippen molar-refractivity contribution in [3.05, 3.63) is 0 Å². The van der Waals surface area contributed by atoms with E-state index < -0.39 is 0 Å². The van der Waals surface area contributed by atoms with E-state index in [0.29, 0.717) is 6.04 Å². The van der Waals surface area contributed by atoms with Gasteiger partial charge in [-0.05, 0) is 27.9 Å². The molecule has 1 rings (SSSR count). The van der Waals surface area contributed by atoms with Crippen LogP contribution in [0, 0.1) is 0 Å². The third kappa shape index (κ3) is 4.07. The van der Waals surface area contributed by atoms with Crippen LogP contribution in [0.1, 0.15) is 13.8 Å². The summed E-state index contributed by atoms with van der Waals surface area (Å²) < 4.78 is 0. The molecule has 1 unspecified atom stereocenters. The molecule has 1 aliphatic heterocycles. The predicted molar refractivity (Wildman–Crippen MR) is 62.8 cm³/mol. The van der Waals surface area contributed by atoms with Gasteiger partial charge in [0.2, 0.25) is 0 Å². The molecule has 0 radical (unpaired) electrons. The first-order valence-corrected chi connectivity index (χ1v) is 5.81. The summed E-state index contributed by atoms with van der Waals surface area (Å²) in [6.07, 6.45) is -0.311. The van der Waals surface area contributed by atoms with Crippen LogP contribution in [0.15, 0.2) is 0 Å². The Labute approximate surface area is 93.5 Å². The second-order valence-electron chi connectivity index (χ2n) is 4.91. The Morgan fingerprint density at radius 1 is 1.07 bits per heavy atom. The molecule has 0 aromatic carbocycles. The zero-order valence-corrected chi connectivity index (χ0v) is 10.5. The fourth-order valence-electron chi connectivity index (χ4n) is 1.99. The largest absolute Gasteiger partial charge is 0.377 e. The van der Waals surface area contributed by atoms with Crippen molar-refractivity contribution in [1.29, 1.82) is 0 Å². The third-order valence-corrected chi connectivity index (χ3v) is 3.03. The lowest BCUT2D eigenvalue weighted by molar-refractivity contribution is -0.0413. The SMILES string of the molecule is CC(C)N1CCN(C(O)CN(C)C)CC1. The van der Waals surface area contributed by atoms with Crippen LogP contribution in [-0.2, 0) is 0 Å². The summed E-state index contributed by atoms with van der Waals surface area (Å²) in [5.74, 6) is 0. The smallest absolute Gasteiger partial charge is 0.120 e. The molecule has 1 fully saturated rings. The van der Waals surface area contributed by atoms with Crippen LogP contribution in [0.4, 0.5) is 0 Å². The molecular formula is C11H25N3O. The number of rotatable bonds is 4. The molecule has 0 spiro atoms. The first-order chi connectivity index (χ1) is 7.00. The zero-order valence-electron chi connectivity index (χ0n) is 10.5. The summed E-state index contributed by atoms with van der Waals surface area (Å²) >= 11 is 0. The molecule has 0 aliphatic carbocycles. The molecule has 1 aliphatic rings. The Hall–Kier alpha value is -0.160. The summed E-state index contributed by atoms with van der Waals surface area (Å²) in [6, 6.07) is 0.623. The third-order valence-electron chi connectivity index (χ3n) is 3.03. The Morgan fingerprint density at radius 3 is 1.93 bits per heavy atom. The van der Waals surface area contributed by atoms with Gasteiger partial charge in [0.15, 0.2) is 0 Å². The van der Waals surface area contributed by atoms with Gasteiger partial charge in [-0.2, -0.15) is 0 Å². The monoisotopic (exact) mass is 215 g/mol. The van der Waals surface area contributed by atoms with Crippen molar-refractivity contribution < 1.29 is 5.11 Å². The fraction of sp³-hybridized carbons (Fsp3) is 1.00. The van der Waals surface area contributed by atoms with E-state index in [9.17, 15) is 5.11 Å². The molecule has 0 bridgehead atoms. The van der Waals surface area contributed by atoms with Gasteiger partial charge < -0.3 is 10.0 Å². The van der Waals surface area contributed by atoms with Gasteiger partial charge >= 0.3 is 0 Å². The van der Waals surface area contributed by atoms with Crippen molar-refractivity contribution in [3.8, 4) is 0 Å². The quantitative estimate of drug-likeness (QED) is 0.709. The van der Waals surface area contributed by atoms with Gasteiger partial charge in [0.05, 0.1) is 0 Å². The molecule has 0 aromatic heterocycles. The Balaban J connectivity index is 2.30. The average Bonchev–Trinajstić information content (AvgIpc) is 2.17. The molecule has 4 nitrogen and oxygen atoms in total. The van der Waals surface area contributed by atoms with Crippen molar-refractivity contribution in [2.75, 3.05) is 46.8 Å². The molecular weight excluding hydrogens is 190 g/mol. The topological polar surface area (TPSA) is 30.0 Å². The second kappa shape index (κ2) is 5.80. The molecule has 1 N–H and O–H groups in total. The summed E-state index contributed by atoms with van der Waals surface area (Å²) in [7, 11) is 3.99. The number of hydrogen-bond acceptors (Lipinski definition) is 4. The van der Waals surface area contributed by atoms with E-state index in [0.717, 1.165) is 32.7 Å². The highest BCUT2D eigenvalue weighted by atomic mass is 16.3. The van der Waals surface area contributed by atoms with Gasteiger partial charge in [0, 0.05) is 38.8 Å². The van der Waals surface area contributed by atoms with Crippen LogP contribution in [0.5, 0.6) is 0 Å². The number of nitrogens with zero attached hydrogens (tertiary/aromatic N) is 3. The van der Waals surface area contributed by atoms with Crippen molar-refractivity contribution in [1.82, 2.24) is 14.7 Å². The Bertz CT molecular complexity index is 177. The maximum absolute atomic E-state index is 9.93. The number of hydrogen-bond donors (Lipinski definition) is 1. The van der Waals surface area contributed by atoms with Gasteiger partial charge in [-0.25, -0.2) is 0 Å². The molecule has 1 atom stereocenters. The van der Waals surface area contributed by atoms with Crippen LogP contribution in [-0.4, -0.2) is 78.9 Å². The van der Waals surface area contributed by atoms with E-state index in [1.807, 2.05) is 19.0 Å². The Morgan fingerprint density at radius 2 is 1.53 bits per heavy atom.